The van der Waals surface area contributed by atoms with Crippen LogP contribution in [-0.4, -0.2) is 32.2 Å². The second-order valence-electron chi connectivity index (χ2n) is 6.53. The SMILES string of the molecule is CC[C@H](C)[NH+]1CC[NH+](Cc2cccc3ccccc23)CC1. The van der Waals surface area contributed by atoms with E-state index in [0.29, 0.717) is 0 Å². The van der Waals surface area contributed by atoms with Crippen LogP contribution in [0.4, 0.5) is 0 Å². The van der Waals surface area contributed by atoms with Gasteiger partial charge in [0.1, 0.15) is 32.7 Å². The second kappa shape index (κ2) is 6.59. The lowest BCUT2D eigenvalue weighted by atomic mass is 10.0. The Morgan fingerprint density at radius 2 is 1.67 bits per heavy atom. The van der Waals surface area contributed by atoms with E-state index in [0.717, 1.165) is 6.04 Å². The van der Waals surface area contributed by atoms with E-state index in [4.69, 9.17) is 0 Å². The van der Waals surface area contributed by atoms with Crippen LogP contribution in [0, 0.1) is 0 Å². The Morgan fingerprint density at radius 1 is 0.952 bits per heavy atom. The minimum atomic E-state index is 0.823. The quantitative estimate of drug-likeness (QED) is 0.826. The normalized spacial score (nSPS) is 24.1. The largest absolute Gasteiger partial charge is 0.323 e. The first kappa shape index (κ1) is 14.6. The van der Waals surface area contributed by atoms with Crippen LogP contribution in [0.3, 0.4) is 0 Å². The zero-order valence-electron chi connectivity index (χ0n) is 13.4. The molecule has 2 aromatic carbocycles. The fourth-order valence-electron chi connectivity index (χ4n) is 3.60. The van der Waals surface area contributed by atoms with Gasteiger partial charge < -0.3 is 9.80 Å². The van der Waals surface area contributed by atoms with Crippen LogP contribution in [0.25, 0.3) is 10.8 Å². The lowest BCUT2D eigenvalue weighted by Crippen LogP contribution is -3.29. The molecule has 1 fully saturated rings. The van der Waals surface area contributed by atoms with Gasteiger partial charge in [-0.1, -0.05) is 49.4 Å². The van der Waals surface area contributed by atoms with Crippen LogP contribution in [0.2, 0.25) is 0 Å². The van der Waals surface area contributed by atoms with Gasteiger partial charge in [0.25, 0.3) is 0 Å². The van der Waals surface area contributed by atoms with Crippen LogP contribution in [0.15, 0.2) is 42.5 Å². The van der Waals surface area contributed by atoms with E-state index in [1.165, 1.54) is 55.5 Å². The average molecular weight is 284 g/mol. The van der Waals surface area contributed by atoms with E-state index < -0.39 is 0 Å². The summed E-state index contributed by atoms with van der Waals surface area (Å²) in [6.45, 7) is 11.2. The molecule has 1 aliphatic rings. The van der Waals surface area contributed by atoms with Crippen LogP contribution in [0.5, 0.6) is 0 Å². The first-order valence-corrected chi connectivity index (χ1v) is 8.42. The van der Waals surface area contributed by atoms with Crippen molar-refractivity contribution in [2.75, 3.05) is 26.2 Å². The summed E-state index contributed by atoms with van der Waals surface area (Å²) < 4.78 is 0. The molecule has 1 aliphatic heterocycles. The van der Waals surface area contributed by atoms with Crippen molar-refractivity contribution in [3.63, 3.8) is 0 Å². The summed E-state index contributed by atoms with van der Waals surface area (Å²) in [6, 6.07) is 16.3. The number of fused-ring (bicyclic) bond motifs is 1. The summed E-state index contributed by atoms with van der Waals surface area (Å²) in [5, 5.41) is 2.81. The molecule has 0 saturated carbocycles. The average Bonchev–Trinajstić information content (AvgIpc) is 2.55. The molecule has 2 heteroatoms. The highest BCUT2D eigenvalue weighted by molar-refractivity contribution is 5.85. The van der Waals surface area contributed by atoms with Gasteiger partial charge in [0.15, 0.2) is 0 Å². The summed E-state index contributed by atoms with van der Waals surface area (Å²) in [6.07, 6.45) is 1.30. The molecule has 2 N–H and O–H groups in total. The Hall–Kier alpha value is -1.38. The molecular formula is C19H28N2+2. The lowest BCUT2D eigenvalue weighted by Gasteiger charge is -2.33. The van der Waals surface area contributed by atoms with Gasteiger partial charge in [0.2, 0.25) is 0 Å². The maximum Gasteiger partial charge on any atom is 0.127 e. The van der Waals surface area contributed by atoms with E-state index in [-0.39, 0.29) is 0 Å². The van der Waals surface area contributed by atoms with Crippen molar-refractivity contribution < 1.29 is 9.80 Å². The minimum Gasteiger partial charge on any atom is -0.323 e. The molecular weight excluding hydrogens is 256 g/mol. The van der Waals surface area contributed by atoms with Gasteiger partial charge >= 0.3 is 0 Å². The maximum absolute atomic E-state index is 2.39. The number of hydrogen-bond acceptors (Lipinski definition) is 0. The van der Waals surface area contributed by atoms with Gasteiger partial charge in [0, 0.05) is 5.56 Å². The van der Waals surface area contributed by atoms with Crippen LogP contribution >= 0.6 is 0 Å². The molecule has 0 unspecified atom stereocenters. The number of piperazine rings is 1. The molecule has 0 amide bonds. The first-order valence-electron chi connectivity index (χ1n) is 8.42. The molecule has 0 radical (unpaired) electrons. The number of hydrogen-bond donors (Lipinski definition) is 2. The zero-order valence-corrected chi connectivity index (χ0v) is 13.4. The molecule has 0 spiro atoms. The van der Waals surface area contributed by atoms with Gasteiger partial charge in [-0.05, 0) is 24.1 Å². The Balaban J connectivity index is 1.67. The Morgan fingerprint density at radius 3 is 2.43 bits per heavy atom. The molecule has 2 aromatic rings. The van der Waals surface area contributed by atoms with Gasteiger partial charge in [0.05, 0.1) is 6.04 Å². The maximum atomic E-state index is 2.39. The lowest BCUT2D eigenvalue weighted by molar-refractivity contribution is -1.03. The minimum absolute atomic E-state index is 0.823. The first-order chi connectivity index (χ1) is 10.3. The summed E-state index contributed by atoms with van der Waals surface area (Å²) >= 11 is 0. The van der Waals surface area contributed by atoms with E-state index in [9.17, 15) is 0 Å². The third-order valence-corrected chi connectivity index (χ3v) is 5.23. The molecule has 2 nitrogen and oxygen atoms in total. The predicted octanol–water partition coefficient (Wildman–Crippen LogP) is 0.922. The van der Waals surface area contributed by atoms with Crippen LogP contribution in [-0.2, 0) is 6.54 Å². The number of nitrogens with one attached hydrogen (secondary N) is 2. The molecule has 1 saturated heterocycles. The van der Waals surface area contributed by atoms with E-state index in [2.05, 4.69) is 56.3 Å². The molecule has 1 atom stereocenters. The Labute approximate surface area is 128 Å². The second-order valence-corrected chi connectivity index (χ2v) is 6.53. The molecule has 0 aromatic heterocycles. The van der Waals surface area contributed by atoms with Gasteiger partial charge in [-0.2, -0.15) is 0 Å². The van der Waals surface area contributed by atoms with Crippen molar-refractivity contribution in [2.45, 2.75) is 32.9 Å². The van der Waals surface area contributed by atoms with Crippen molar-refractivity contribution in [1.29, 1.82) is 0 Å². The van der Waals surface area contributed by atoms with E-state index in [1.807, 2.05) is 0 Å². The number of benzene rings is 2. The zero-order chi connectivity index (χ0) is 14.7. The summed E-state index contributed by atoms with van der Waals surface area (Å²) in [7, 11) is 0. The fourth-order valence-corrected chi connectivity index (χ4v) is 3.60. The van der Waals surface area contributed by atoms with Crippen molar-refractivity contribution >= 4 is 10.8 Å². The van der Waals surface area contributed by atoms with E-state index >= 15 is 0 Å². The summed E-state index contributed by atoms with van der Waals surface area (Å²) in [4.78, 5) is 3.55. The Kier molecular flexibility index (Phi) is 4.57. The van der Waals surface area contributed by atoms with Crippen molar-refractivity contribution in [1.82, 2.24) is 0 Å². The molecule has 1 heterocycles. The Bertz CT molecular complexity index is 580. The van der Waals surface area contributed by atoms with Gasteiger partial charge in [-0.15, -0.1) is 0 Å². The van der Waals surface area contributed by atoms with E-state index in [1.54, 1.807) is 9.80 Å². The highest BCUT2D eigenvalue weighted by Gasteiger charge is 2.26. The molecule has 112 valence electrons. The van der Waals surface area contributed by atoms with Crippen molar-refractivity contribution in [3.8, 4) is 0 Å². The van der Waals surface area contributed by atoms with Crippen molar-refractivity contribution in [2.24, 2.45) is 0 Å². The molecule has 21 heavy (non-hydrogen) atoms. The van der Waals surface area contributed by atoms with Gasteiger partial charge in [-0.25, -0.2) is 0 Å². The standard InChI is InChI=1S/C19H26N2/c1-3-16(2)21-13-11-20(12-14-21)15-18-9-6-8-17-7-4-5-10-19(17)18/h4-10,16H,3,11-15H2,1-2H3/p+2/t16-/m0/s1. The summed E-state index contributed by atoms with van der Waals surface area (Å²) in [5.41, 5.74) is 1.51. The summed E-state index contributed by atoms with van der Waals surface area (Å²) in [5.74, 6) is 0. The molecule has 3 rings (SSSR count). The van der Waals surface area contributed by atoms with Crippen LogP contribution in [0.1, 0.15) is 25.8 Å². The van der Waals surface area contributed by atoms with Crippen LogP contribution < -0.4 is 9.80 Å². The fraction of sp³-hybridized carbons (Fsp3) is 0.474. The molecule has 0 aliphatic carbocycles. The smallest absolute Gasteiger partial charge is 0.127 e. The third kappa shape index (κ3) is 3.28. The van der Waals surface area contributed by atoms with Crippen molar-refractivity contribution in [3.05, 3.63) is 48.0 Å². The topological polar surface area (TPSA) is 8.88 Å². The highest BCUT2D eigenvalue weighted by atomic mass is 15.3. The third-order valence-electron chi connectivity index (χ3n) is 5.23. The highest BCUT2D eigenvalue weighted by Crippen LogP contribution is 2.17. The monoisotopic (exact) mass is 284 g/mol. The number of rotatable bonds is 4. The van der Waals surface area contributed by atoms with Gasteiger partial charge in [-0.3, -0.25) is 0 Å². The predicted molar refractivity (Wildman–Crippen MR) is 88.8 cm³/mol. The molecule has 0 bridgehead atoms. The number of quaternary nitrogens is 2.